The van der Waals surface area contributed by atoms with E-state index in [4.69, 9.17) is 23.2 Å². The van der Waals surface area contributed by atoms with Crippen molar-refractivity contribution in [1.82, 2.24) is 0 Å². The van der Waals surface area contributed by atoms with Crippen molar-refractivity contribution < 1.29 is 0 Å². The molecule has 0 aliphatic heterocycles. The van der Waals surface area contributed by atoms with Crippen LogP contribution in [0.1, 0.15) is 36.1 Å². The second-order valence-corrected chi connectivity index (χ2v) is 7.84. The average Bonchev–Trinajstić information content (AvgIpc) is 2.60. The number of hydrogen-bond donors (Lipinski definition) is 0. The lowest BCUT2D eigenvalue weighted by molar-refractivity contribution is 1.11. The first kappa shape index (κ1) is 20.2. The minimum Gasteiger partial charge on any atom is -0.0913 e. The van der Waals surface area contributed by atoms with Crippen molar-refractivity contribution in [2.45, 2.75) is 50.3 Å². The SMILES string of the molecule is CC=CCc1c(Sc2ccc(Cl)c(C)c2CC=CC)ccc(Cl)c1C. The van der Waals surface area contributed by atoms with Gasteiger partial charge in [-0.15, -0.1) is 0 Å². The molecule has 0 amide bonds. The maximum atomic E-state index is 6.35. The van der Waals surface area contributed by atoms with Crippen molar-refractivity contribution in [2.24, 2.45) is 0 Å². The molecule has 132 valence electrons. The molecular formula is C22H24Cl2S. The molecule has 0 saturated heterocycles. The van der Waals surface area contributed by atoms with Crippen LogP contribution in [0.25, 0.3) is 0 Å². The summed E-state index contributed by atoms with van der Waals surface area (Å²) in [6.45, 7) is 8.28. The van der Waals surface area contributed by atoms with Crippen LogP contribution >= 0.6 is 35.0 Å². The van der Waals surface area contributed by atoms with Gasteiger partial charge in [-0.3, -0.25) is 0 Å². The topological polar surface area (TPSA) is 0 Å². The van der Waals surface area contributed by atoms with E-state index in [2.05, 4.69) is 50.3 Å². The lowest BCUT2D eigenvalue weighted by Crippen LogP contribution is -1.96. The molecular weight excluding hydrogens is 367 g/mol. The first-order valence-corrected chi connectivity index (χ1v) is 10.0. The Hall–Kier alpha value is -1.15. The van der Waals surface area contributed by atoms with Gasteiger partial charge in [0.2, 0.25) is 0 Å². The highest BCUT2D eigenvalue weighted by Crippen LogP contribution is 2.39. The molecule has 0 aromatic heterocycles. The van der Waals surface area contributed by atoms with E-state index >= 15 is 0 Å². The molecule has 0 spiro atoms. The standard InChI is InChI=1S/C22H24Cl2S/c1-5-7-9-17-15(3)19(23)11-13-21(17)25-22-14-12-20(24)16(4)18(22)10-8-6-2/h5-8,11-14H,9-10H2,1-4H3. The molecule has 0 nitrogen and oxygen atoms in total. The summed E-state index contributed by atoms with van der Waals surface area (Å²) in [5.74, 6) is 0. The van der Waals surface area contributed by atoms with E-state index < -0.39 is 0 Å². The summed E-state index contributed by atoms with van der Waals surface area (Å²) in [5.41, 5.74) is 4.90. The third kappa shape index (κ3) is 4.94. The van der Waals surface area contributed by atoms with Gasteiger partial charge in [-0.2, -0.15) is 0 Å². The fraction of sp³-hybridized carbons (Fsp3) is 0.273. The van der Waals surface area contributed by atoms with E-state index in [-0.39, 0.29) is 0 Å². The average molecular weight is 391 g/mol. The highest BCUT2D eigenvalue weighted by atomic mass is 35.5. The summed E-state index contributed by atoms with van der Waals surface area (Å²) in [7, 11) is 0. The van der Waals surface area contributed by atoms with Gasteiger partial charge in [0.1, 0.15) is 0 Å². The molecule has 0 heterocycles. The van der Waals surface area contributed by atoms with Crippen LogP contribution in [-0.4, -0.2) is 0 Å². The van der Waals surface area contributed by atoms with Crippen LogP contribution in [0.15, 0.2) is 58.4 Å². The van der Waals surface area contributed by atoms with Crippen LogP contribution in [0.5, 0.6) is 0 Å². The maximum absolute atomic E-state index is 6.35. The molecule has 0 bridgehead atoms. The van der Waals surface area contributed by atoms with Gasteiger partial charge in [0.25, 0.3) is 0 Å². The maximum Gasteiger partial charge on any atom is 0.0438 e. The Morgan fingerprint density at radius 1 is 0.760 bits per heavy atom. The number of halogens is 2. The molecule has 25 heavy (non-hydrogen) atoms. The molecule has 0 aliphatic carbocycles. The second-order valence-electron chi connectivity index (χ2n) is 5.95. The fourth-order valence-corrected chi connectivity index (χ4v) is 4.28. The summed E-state index contributed by atoms with van der Waals surface area (Å²) >= 11 is 14.5. The first-order chi connectivity index (χ1) is 12.0. The summed E-state index contributed by atoms with van der Waals surface area (Å²) in [6.07, 6.45) is 10.3. The van der Waals surface area contributed by atoms with Gasteiger partial charge < -0.3 is 0 Å². The van der Waals surface area contributed by atoms with E-state index in [0.717, 1.165) is 34.0 Å². The number of allylic oxidation sites excluding steroid dienone is 4. The zero-order valence-electron chi connectivity index (χ0n) is 15.2. The third-order valence-electron chi connectivity index (χ3n) is 4.31. The van der Waals surface area contributed by atoms with Crippen LogP contribution in [0.3, 0.4) is 0 Å². The largest absolute Gasteiger partial charge is 0.0913 e. The number of rotatable bonds is 6. The Balaban J connectivity index is 2.49. The highest BCUT2D eigenvalue weighted by molar-refractivity contribution is 7.99. The van der Waals surface area contributed by atoms with Crippen molar-refractivity contribution >= 4 is 35.0 Å². The second kappa shape index (κ2) is 9.52. The van der Waals surface area contributed by atoms with Gasteiger partial charge in [-0.1, -0.05) is 59.3 Å². The molecule has 0 aliphatic rings. The van der Waals surface area contributed by atoms with E-state index in [0.29, 0.717) is 0 Å². The summed E-state index contributed by atoms with van der Waals surface area (Å²) in [4.78, 5) is 2.51. The smallest absolute Gasteiger partial charge is 0.0438 e. The van der Waals surface area contributed by atoms with Crippen molar-refractivity contribution in [3.8, 4) is 0 Å². The van der Waals surface area contributed by atoms with Crippen LogP contribution < -0.4 is 0 Å². The minimum atomic E-state index is 0.824. The Morgan fingerprint density at radius 2 is 1.16 bits per heavy atom. The highest BCUT2D eigenvalue weighted by Gasteiger charge is 2.13. The molecule has 2 rings (SSSR count). The number of benzene rings is 2. The predicted molar refractivity (Wildman–Crippen MR) is 114 cm³/mol. The van der Waals surface area contributed by atoms with Gasteiger partial charge in [0.05, 0.1) is 0 Å². The molecule has 0 unspecified atom stereocenters. The lowest BCUT2D eigenvalue weighted by atomic mass is 10.1. The van der Waals surface area contributed by atoms with Gasteiger partial charge in [-0.25, -0.2) is 0 Å². The molecule has 0 radical (unpaired) electrons. The zero-order chi connectivity index (χ0) is 18.4. The van der Waals surface area contributed by atoms with Crippen LogP contribution in [0, 0.1) is 13.8 Å². The van der Waals surface area contributed by atoms with Gasteiger partial charge >= 0.3 is 0 Å². The Kier molecular flexibility index (Phi) is 7.68. The van der Waals surface area contributed by atoms with E-state index in [9.17, 15) is 0 Å². The van der Waals surface area contributed by atoms with Crippen molar-refractivity contribution in [2.75, 3.05) is 0 Å². The predicted octanol–water partition coefficient (Wildman–Crippen LogP) is 8.00. The minimum absolute atomic E-state index is 0.824. The third-order valence-corrected chi connectivity index (χ3v) is 6.34. The normalized spacial score (nSPS) is 11.8. The van der Waals surface area contributed by atoms with Crippen LogP contribution in [-0.2, 0) is 12.8 Å². The van der Waals surface area contributed by atoms with Crippen LogP contribution in [0.2, 0.25) is 10.0 Å². The Labute approximate surface area is 165 Å². The van der Waals surface area contributed by atoms with Crippen molar-refractivity contribution in [3.63, 3.8) is 0 Å². The number of hydrogen-bond acceptors (Lipinski definition) is 1. The Morgan fingerprint density at radius 3 is 1.52 bits per heavy atom. The molecule has 0 atom stereocenters. The molecule has 2 aromatic rings. The Bertz CT molecular complexity index is 737. The summed E-state index contributed by atoms with van der Waals surface area (Å²) in [6, 6.07) is 8.24. The first-order valence-electron chi connectivity index (χ1n) is 8.45. The van der Waals surface area contributed by atoms with E-state index in [1.54, 1.807) is 11.8 Å². The van der Waals surface area contributed by atoms with Crippen LogP contribution in [0.4, 0.5) is 0 Å². The molecule has 0 fully saturated rings. The molecule has 0 saturated carbocycles. The lowest BCUT2D eigenvalue weighted by Gasteiger charge is -2.16. The summed E-state index contributed by atoms with van der Waals surface area (Å²) < 4.78 is 0. The van der Waals surface area contributed by atoms with E-state index in [1.807, 2.05) is 26.0 Å². The zero-order valence-corrected chi connectivity index (χ0v) is 17.5. The molecule has 3 heteroatoms. The summed E-state index contributed by atoms with van der Waals surface area (Å²) in [5, 5.41) is 1.65. The molecule has 0 N–H and O–H groups in total. The van der Waals surface area contributed by atoms with E-state index in [1.165, 1.54) is 20.9 Å². The van der Waals surface area contributed by atoms with Gasteiger partial charge in [-0.05, 0) is 87.1 Å². The van der Waals surface area contributed by atoms with Gasteiger partial charge in [0.15, 0.2) is 0 Å². The van der Waals surface area contributed by atoms with Gasteiger partial charge in [0, 0.05) is 19.8 Å². The monoisotopic (exact) mass is 390 g/mol. The van der Waals surface area contributed by atoms with Crippen molar-refractivity contribution in [3.05, 3.63) is 80.9 Å². The quantitative estimate of drug-likeness (QED) is 0.450. The fourth-order valence-electron chi connectivity index (χ4n) is 2.70. The molecule has 2 aromatic carbocycles. The van der Waals surface area contributed by atoms with Crippen molar-refractivity contribution in [1.29, 1.82) is 0 Å².